The molecule has 208 valence electrons. The van der Waals surface area contributed by atoms with Gasteiger partial charge in [0.25, 0.3) is 0 Å². The summed E-state index contributed by atoms with van der Waals surface area (Å²) in [5.74, 6) is 0.0394. The lowest BCUT2D eigenvalue weighted by Crippen LogP contribution is -2.63. The smallest absolute Gasteiger partial charge is 0.421 e. The van der Waals surface area contributed by atoms with Crippen molar-refractivity contribution in [2.45, 2.75) is 75.9 Å². The number of likely N-dealkylation sites (N-methyl/N-ethyl adjacent to an activating group) is 1. The van der Waals surface area contributed by atoms with E-state index in [1.165, 1.54) is 7.11 Å². The number of benzene rings is 2. The van der Waals surface area contributed by atoms with Gasteiger partial charge in [0, 0.05) is 18.0 Å². The third-order valence-electron chi connectivity index (χ3n) is 7.66. The number of fused-ring (bicyclic) bond motifs is 1. The van der Waals surface area contributed by atoms with Crippen LogP contribution in [-0.4, -0.2) is 50.1 Å². The van der Waals surface area contributed by atoms with Gasteiger partial charge in [-0.2, -0.15) is 13.2 Å². The molecule has 0 bridgehead atoms. The van der Waals surface area contributed by atoms with Crippen molar-refractivity contribution >= 4 is 6.09 Å². The molecule has 2 aromatic carbocycles. The molecule has 1 amide bonds. The maximum absolute atomic E-state index is 14.3. The van der Waals surface area contributed by atoms with Crippen molar-refractivity contribution in [2.75, 3.05) is 27.3 Å². The van der Waals surface area contributed by atoms with E-state index in [1.54, 1.807) is 44.9 Å². The van der Waals surface area contributed by atoms with Crippen molar-refractivity contribution in [3.63, 3.8) is 0 Å². The molecule has 38 heavy (non-hydrogen) atoms. The lowest BCUT2D eigenvalue weighted by molar-refractivity contribution is -0.281. The van der Waals surface area contributed by atoms with Crippen LogP contribution in [-0.2, 0) is 27.2 Å². The number of nitrogens with one attached hydrogen (secondary N) is 1. The third-order valence-corrected chi connectivity index (χ3v) is 7.66. The summed E-state index contributed by atoms with van der Waals surface area (Å²) in [6.07, 6.45) is -3.52. The van der Waals surface area contributed by atoms with Crippen LogP contribution >= 0.6 is 0 Å². The maximum atomic E-state index is 14.3. The predicted octanol–water partition coefficient (Wildman–Crippen LogP) is 6.23. The molecule has 0 spiro atoms. The zero-order valence-corrected chi connectivity index (χ0v) is 22.9. The highest BCUT2D eigenvalue weighted by Crippen LogP contribution is 2.52. The average Bonchev–Trinajstić information content (AvgIpc) is 2.86. The van der Waals surface area contributed by atoms with Crippen molar-refractivity contribution in [3.8, 4) is 5.75 Å². The Balaban J connectivity index is 1.96. The van der Waals surface area contributed by atoms with Crippen molar-refractivity contribution < 1.29 is 32.2 Å². The molecule has 0 radical (unpaired) electrons. The number of likely N-dealkylation sites (tertiary alicyclic amines) is 1. The van der Waals surface area contributed by atoms with Gasteiger partial charge < -0.3 is 14.2 Å². The molecule has 0 aromatic heterocycles. The fourth-order valence-electron chi connectivity index (χ4n) is 5.88. The minimum atomic E-state index is -4.61. The second kappa shape index (κ2) is 10.1. The summed E-state index contributed by atoms with van der Waals surface area (Å²) >= 11 is 0. The van der Waals surface area contributed by atoms with Crippen molar-refractivity contribution in [3.05, 3.63) is 64.7 Å². The highest BCUT2D eigenvalue weighted by molar-refractivity contribution is 5.70. The zero-order chi connectivity index (χ0) is 27.9. The molecular formula is C29H37F3N2O4. The van der Waals surface area contributed by atoms with E-state index in [2.05, 4.69) is 5.32 Å². The van der Waals surface area contributed by atoms with Crippen molar-refractivity contribution in [1.29, 1.82) is 0 Å². The number of halogens is 3. The molecule has 2 aliphatic rings. The van der Waals surface area contributed by atoms with Crippen molar-refractivity contribution in [1.82, 2.24) is 10.2 Å². The van der Waals surface area contributed by atoms with Gasteiger partial charge in [0.1, 0.15) is 17.0 Å². The fraction of sp³-hybridized carbons (Fsp3) is 0.552. The first-order valence-electron chi connectivity index (χ1n) is 13.0. The molecule has 9 heteroatoms. The van der Waals surface area contributed by atoms with Gasteiger partial charge in [-0.1, -0.05) is 30.3 Å². The van der Waals surface area contributed by atoms with Crippen LogP contribution in [0.2, 0.25) is 0 Å². The number of carbonyl (C=O) groups excluding carboxylic acids is 1. The molecule has 0 saturated carbocycles. The van der Waals surface area contributed by atoms with Crippen molar-refractivity contribution in [2.24, 2.45) is 0 Å². The third kappa shape index (κ3) is 4.75. The summed E-state index contributed by atoms with van der Waals surface area (Å²) in [6, 6.07) is 12.8. The SMILES string of the molecule is CN[C@@]1(c2ccccc2)[C@H](c2cc3c(cc2OC)CCOC3(C)C(F)(F)F)CCCN1C(=O)OC(C)(C)C. The summed E-state index contributed by atoms with van der Waals surface area (Å²) in [4.78, 5) is 15.3. The second-order valence-electron chi connectivity index (χ2n) is 11.1. The number of alkyl halides is 3. The number of hydrogen-bond donors (Lipinski definition) is 1. The lowest BCUT2D eigenvalue weighted by Gasteiger charge is -2.52. The van der Waals surface area contributed by atoms with E-state index in [0.717, 1.165) is 12.5 Å². The number of ether oxygens (including phenoxy) is 3. The summed E-state index contributed by atoms with van der Waals surface area (Å²) in [7, 11) is 3.28. The first kappa shape index (κ1) is 28.2. The quantitative estimate of drug-likeness (QED) is 0.504. The van der Waals surface area contributed by atoms with Gasteiger partial charge in [-0.05, 0) is 82.8 Å². The molecule has 2 aliphatic heterocycles. The molecule has 2 aromatic rings. The number of methoxy groups -OCH3 is 1. The van der Waals surface area contributed by atoms with E-state index in [1.807, 2.05) is 30.3 Å². The number of nitrogens with zero attached hydrogens (tertiary/aromatic N) is 1. The highest BCUT2D eigenvalue weighted by atomic mass is 19.4. The van der Waals surface area contributed by atoms with Crippen LogP contribution in [0.25, 0.3) is 0 Å². The molecule has 2 heterocycles. The molecule has 3 atom stereocenters. The van der Waals surface area contributed by atoms with E-state index in [0.29, 0.717) is 42.7 Å². The summed E-state index contributed by atoms with van der Waals surface area (Å²) < 4.78 is 60.0. The Morgan fingerprint density at radius 3 is 2.42 bits per heavy atom. The topological polar surface area (TPSA) is 60.0 Å². The van der Waals surface area contributed by atoms with Gasteiger partial charge in [0.15, 0.2) is 5.60 Å². The fourth-order valence-corrected chi connectivity index (χ4v) is 5.88. The minimum absolute atomic E-state index is 0.0359. The van der Waals surface area contributed by atoms with Crippen LogP contribution in [0.5, 0.6) is 5.75 Å². The number of carbonyl (C=O) groups is 1. The van der Waals surface area contributed by atoms with Crippen LogP contribution in [0.4, 0.5) is 18.0 Å². The van der Waals surface area contributed by atoms with Gasteiger partial charge in [0.05, 0.1) is 13.7 Å². The number of piperidine rings is 1. The first-order valence-corrected chi connectivity index (χ1v) is 13.0. The normalized spacial score (nSPS) is 26.0. The monoisotopic (exact) mass is 534 g/mol. The number of amides is 1. The summed E-state index contributed by atoms with van der Waals surface area (Å²) in [5.41, 5.74) is -2.27. The second-order valence-corrected chi connectivity index (χ2v) is 11.1. The van der Waals surface area contributed by atoms with Crippen LogP contribution in [0.15, 0.2) is 42.5 Å². The van der Waals surface area contributed by atoms with E-state index in [4.69, 9.17) is 14.2 Å². The summed E-state index contributed by atoms with van der Waals surface area (Å²) in [5, 5.41) is 3.40. The molecule has 6 nitrogen and oxygen atoms in total. The molecule has 4 rings (SSSR count). The van der Waals surface area contributed by atoms with Gasteiger partial charge in [-0.25, -0.2) is 4.79 Å². The predicted molar refractivity (Wildman–Crippen MR) is 138 cm³/mol. The number of hydrogen-bond acceptors (Lipinski definition) is 5. The summed E-state index contributed by atoms with van der Waals surface area (Å²) in [6.45, 7) is 6.88. The zero-order valence-electron chi connectivity index (χ0n) is 22.9. The van der Waals surface area contributed by atoms with Gasteiger partial charge >= 0.3 is 12.3 Å². The van der Waals surface area contributed by atoms with Gasteiger partial charge in [0.2, 0.25) is 0 Å². The lowest BCUT2D eigenvalue weighted by atomic mass is 9.72. The maximum Gasteiger partial charge on any atom is 0.421 e. The molecule has 1 fully saturated rings. The Bertz CT molecular complexity index is 1160. The Labute approximate surface area is 222 Å². The first-order chi connectivity index (χ1) is 17.8. The molecule has 0 aliphatic carbocycles. The number of rotatable bonds is 4. The van der Waals surface area contributed by atoms with Gasteiger partial charge in [-0.15, -0.1) is 0 Å². The van der Waals surface area contributed by atoms with Gasteiger partial charge in [-0.3, -0.25) is 10.2 Å². The van der Waals surface area contributed by atoms with E-state index < -0.39 is 35.1 Å². The molecule has 1 unspecified atom stereocenters. The van der Waals surface area contributed by atoms with Crippen LogP contribution in [0.1, 0.15) is 68.7 Å². The van der Waals surface area contributed by atoms with Crippen LogP contribution in [0, 0.1) is 0 Å². The Morgan fingerprint density at radius 2 is 1.84 bits per heavy atom. The largest absolute Gasteiger partial charge is 0.496 e. The molecule has 1 saturated heterocycles. The van der Waals surface area contributed by atoms with Crippen LogP contribution in [0.3, 0.4) is 0 Å². The van der Waals surface area contributed by atoms with E-state index >= 15 is 0 Å². The Hall–Kier alpha value is -2.78. The average molecular weight is 535 g/mol. The Kier molecular flexibility index (Phi) is 7.49. The molecule has 1 N–H and O–H groups in total. The molecular weight excluding hydrogens is 497 g/mol. The van der Waals surface area contributed by atoms with E-state index in [9.17, 15) is 18.0 Å². The van der Waals surface area contributed by atoms with E-state index in [-0.39, 0.29) is 12.2 Å². The van der Waals surface area contributed by atoms with Crippen LogP contribution < -0.4 is 10.1 Å². The standard InChI is InChI=1S/C29H37F3N2O4/c1-26(2,3)38-25(35)34-15-10-13-22(28(34,33-5)20-11-8-7-9-12-20)21-18-23-19(17-24(21)36-6)14-16-37-27(23,4)29(30,31)32/h7-9,11-12,17-18,22,33H,10,13-16H2,1-6H3/t22-,27?,28+/m0/s1. The Morgan fingerprint density at radius 1 is 1.16 bits per heavy atom. The minimum Gasteiger partial charge on any atom is -0.496 e. The highest BCUT2D eigenvalue weighted by Gasteiger charge is 2.57.